The van der Waals surface area contributed by atoms with Crippen LogP contribution in [0.25, 0.3) is 0 Å². The van der Waals surface area contributed by atoms with Crippen molar-refractivity contribution < 1.29 is 0 Å². The van der Waals surface area contributed by atoms with E-state index in [1.54, 1.807) is 0 Å². The third kappa shape index (κ3) is 4.01. The van der Waals surface area contributed by atoms with Crippen LogP contribution in [-0.2, 0) is 6.42 Å². The van der Waals surface area contributed by atoms with E-state index in [2.05, 4.69) is 37.4 Å². The molecular formula is C15H22ClN. The Morgan fingerprint density at radius 2 is 2.12 bits per heavy atom. The lowest BCUT2D eigenvalue weighted by Crippen LogP contribution is -2.28. The van der Waals surface area contributed by atoms with Gasteiger partial charge in [-0.25, -0.2) is 0 Å². The maximum atomic E-state index is 6.02. The summed E-state index contributed by atoms with van der Waals surface area (Å²) in [4.78, 5) is 0. The molecular weight excluding hydrogens is 230 g/mol. The van der Waals surface area contributed by atoms with Gasteiger partial charge in [0.1, 0.15) is 0 Å². The molecule has 17 heavy (non-hydrogen) atoms. The van der Waals surface area contributed by atoms with Crippen LogP contribution >= 0.6 is 11.6 Å². The summed E-state index contributed by atoms with van der Waals surface area (Å²) in [6, 6.07) is 8.29. The molecule has 0 radical (unpaired) electrons. The Morgan fingerprint density at radius 3 is 2.71 bits per heavy atom. The van der Waals surface area contributed by atoms with Gasteiger partial charge in [0.15, 0.2) is 0 Å². The zero-order chi connectivity index (χ0) is 12.3. The fourth-order valence-electron chi connectivity index (χ4n) is 2.30. The molecule has 0 aromatic heterocycles. The quantitative estimate of drug-likeness (QED) is 0.809. The van der Waals surface area contributed by atoms with Crippen LogP contribution in [0.4, 0.5) is 0 Å². The van der Waals surface area contributed by atoms with Crippen molar-refractivity contribution in [2.45, 2.75) is 33.1 Å². The smallest absolute Gasteiger partial charge is 0.0408 e. The highest BCUT2D eigenvalue weighted by atomic mass is 35.5. The van der Waals surface area contributed by atoms with Crippen LogP contribution in [0.1, 0.15) is 32.3 Å². The van der Waals surface area contributed by atoms with Crippen molar-refractivity contribution in [1.82, 2.24) is 5.32 Å². The molecule has 0 aliphatic heterocycles. The third-order valence-electron chi connectivity index (χ3n) is 3.48. The van der Waals surface area contributed by atoms with E-state index in [0.29, 0.717) is 5.41 Å². The molecule has 1 saturated carbocycles. The largest absolute Gasteiger partial charge is 0.316 e. The monoisotopic (exact) mass is 251 g/mol. The molecule has 1 aromatic carbocycles. The summed E-state index contributed by atoms with van der Waals surface area (Å²) >= 11 is 6.02. The average Bonchev–Trinajstić information content (AvgIpc) is 2.97. The summed E-state index contributed by atoms with van der Waals surface area (Å²) < 4.78 is 0. The summed E-state index contributed by atoms with van der Waals surface area (Å²) in [6.07, 6.45) is 3.87. The first kappa shape index (κ1) is 12.9. The van der Waals surface area contributed by atoms with Crippen LogP contribution in [0, 0.1) is 11.3 Å². The minimum absolute atomic E-state index is 0.513. The number of benzene rings is 1. The van der Waals surface area contributed by atoms with Gasteiger partial charge in [0.2, 0.25) is 0 Å². The molecule has 1 aliphatic carbocycles. The van der Waals surface area contributed by atoms with Crippen molar-refractivity contribution in [3.8, 4) is 0 Å². The molecule has 0 saturated heterocycles. The van der Waals surface area contributed by atoms with Crippen molar-refractivity contribution >= 4 is 11.6 Å². The van der Waals surface area contributed by atoms with Gasteiger partial charge in [-0.1, -0.05) is 37.6 Å². The second-order valence-corrected chi connectivity index (χ2v) is 6.27. The van der Waals surface area contributed by atoms with Gasteiger partial charge in [0.25, 0.3) is 0 Å². The topological polar surface area (TPSA) is 12.0 Å². The van der Waals surface area contributed by atoms with E-state index in [0.717, 1.165) is 24.0 Å². The SMILES string of the molecule is CC(C)CNCC1(Cc2cccc(Cl)c2)CC1. The molecule has 2 rings (SSSR count). The Bertz CT molecular complexity index is 369. The predicted molar refractivity (Wildman–Crippen MR) is 74.5 cm³/mol. The molecule has 2 heteroatoms. The van der Waals surface area contributed by atoms with Crippen LogP contribution in [0.15, 0.2) is 24.3 Å². The minimum Gasteiger partial charge on any atom is -0.316 e. The van der Waals surface area contributed by atoms with Crippen molar-refractivity contribution in [2.75, 3.05) is 13.1 Å². The molecule has 1 aliphatic rings. The lowest BCUT2D eigenvalue weighted by atomic mass is 9.96. The minimum atomic E-state index is 0.513. The maximum Gasteiger partial charge on any atom is 0.0408 e. The molecule has 1 fully saturated rings. The zero-order valence-corrected chi connectivity index (χ0v) is 11.6. The molecule has 0 unspecified atom stereocenters. The Kier molecular flexibility index (Phi) is 4.11. The van der Waals surface area contributed by atoms with E-state index < -0.39 is 0 Å². The molecule has 1 N–H and O–H groups in total. The third-order valence-corrected chi connectivity index (χ3v) is 3.71. The van der Waals surface area contributed by atoms with Crippen LogP contribution in [-0.4, -0.2) is 13.1 Å². The standard InChI is InChI=1S/C15H22ClN/c1-12(2)10-17-11-15(6-7-15)9-13-4-3-5-14(16)8-13/h3-5,8,12,17H,6-7,9-11H2,1-2H3. The number of rotatable bonds is 6. The Morgan fingerprint density at radius 1 is 1.35 bits per heavy atom. The molecule has 0 atom stereocenters. The van der Waals surface area contributed by atoms with Crippen molar-refractivity contribution in [2.24, 2.45) is 11.3 Å². The van der Waals surface area contributed by atoms with Crippen molar-refractivity contribution in [1.29, 1.82) is 0 Å². The Labute approximate surface area is 110 Å². The van der Waals surface area contributed by atoms with Crippen LogP contribution < -0.4 is 5.32 Å². The molecule has 1 nitrogen and oxygen atoms in total. The first-order valence-corrected chi connectivity index (χ1v) is 6.93. The highest BCUT2D eigenvalue weighted by Crippen LogP contribution is 2.47. The van der Waals surface area contributed by atoms with E-state index in [1.165, 1.54) is 24.8 Å². The van der Waals surface area contributed by atoms with Gasteiger partial charge < -0.3 is 5.32 Å². The molecule has 0 spiro atoms. The summed E-state index contributed by atoms with van der Waals surface area (Å²) in [5.41, 5.74) is 1.89. The fourth-order valence-corrected chi connectivity index (χ4v) is 2.51. The normalized spacial score (nSPS) is 17.4. The Hall–Kier alpha value is -0.530. The second-order valence-electron chi connectivity index (χ2n) is 5.83. The Balaban J connectivity index is 1.85. The summed E-state index contributed by atoms with van der Waals surface area (Å²) in [5, 5.41) is 4.44. The number of hydrogen-bond acceptors (Lipinski definition) is 1. The number of hydrogen-bond donors (Lipinski definition) is 1. The highest BCUT2D eigenvalue weighted by molar-refractivity contribution is 6.30. The van der Waals surface area contributed by atoms with Gasteiger partial charge in [-0.05, 0) is 54.8 Å². The van der Waals surface area contributed by atoms with Gasteiger partial charge in [0, 0.05) is 11.6 Å². The van der Waals surface area contributed by atoms with Gasteiger partial charge in [-0.2, -0.15) is 0 Å². The maximum absolute atomic E-state index is 6.02. The van der Waals surface area contributed by atoms with Gasteiger partial charge >= 0.3 is 0 Å². The number of nitrogens with one attached hydrogen (secondary N) is 1. The average molecular weight is 252 g/mol. The first-order valence-electron chi connectivity index (χ1n) is 6.55. The lowest BCUT2D eigenvalue weighted by Gasteiger charge is -2.17. The summed E-state index contributed by atoms with van der Waals surface area (Å²) in [5.74, 6) is 0.733. The van der Waals surface area contributed by atoms with Gasteiger partial charge in [0.05, 0.1) is 0 Å². The second kappa shape index (κ2) is 5.41. The van der Waals surface area contributed by atoms with Crippen LogP contribution in [0.5, 0.6) is 0 Å². The fraction of sp³-hybridized carbons (Fsp3) is 0.600. The molecule has 0 heterocycles. The first-order chi connectivity index (χ1) is 8.10. The van der Waals surface area contributed by atoms with Gasteiger partial charge in [-0.15, -0.1) is 0 Å². The van der Waals surface area contributed by atoms with E-state index in [1.807, 2.05) is 6.07 Å². The predicted octanol–water partition coefficient (Wildman–Crippen LogP) is 3.91. The zero-order valence-electron chi connectivity index (χ0n) is 10.8. The molecule has 1 aromatic rings. The van der Waals surface area contributed by atoms with E-state index in [9.17, 15) is 0 Å². The molecule has 0 bridgehead atoms. The number of halogens is 1. The van der Waals surface area contributed by atoms with E-state index >= 15 is 0 Å². The highest BCUT2D eigenvalue weighted by Gasteiger charge is 2.41. The van der Waals surface area contributed by atoms with Gasteiger partial charge in [-0.3, -0.25) is 0 Å². The summed E-state index contributed by atoms with van der Waals surface area (Å²) in [7, 11) is 0. The van der Waals surface area contributed by atoms with Crippen molar-refractivity contribution in [3.63, 3.8) is 0 Å². The van der Waals surface area contributed by atoms with Crippen LogP contribution in [0.3, 0.4) is 0 Å². The van der Waals surface area contributed by atoms with Crippen LogP contribution in [0.2, 0.25) is 5.02 Å². The van der Waals surface area contributed by atoms with E-state index in [4.69, 9.17) is 11.6 Å². The van der Waals surface area contributed by atoms with E-state index in [-0.39, 0.29) is 0 Å². The van der Waals surface area contributed by atoms with Crippen molar-refractivity contribution in [3.05, 3.63) is 34.9 Å². The molecule has 94 valence electrons. The lowest BCUT2D eigenvalue weighted by molar-refractivity contribution is 0.432. The summed E-state index contributed by atoms with van der Waals surface area (Å²) in [6.45, 7) is 6.78. The molecule has 0 amide bonds.